The Kier molecular flexibility index (Phi) is 13.9. The molecule has 6 aromatic rings. The summed E-state index contributed by atoms with van der Waals surface area (Å²) in [6, 6.07) is 31.5. The minimum absolute atomic E-state index is 0.826. The fourth-order valence-corrected chi connectivity index (χ4v) is 5.66. The molecule has 0 N–H and O–H groups in total. The van der Waals surface area contributed by atoms with Crippen LogP contribution in [-0.4, -0.2) is 9.52 Å². The Morgan fingerprint density at radius 1 is 0.523 bits per heavy atom. The van der Waals surface area contributed by atoms with Crippen LogP contribution in [0.4, 0.5) is 0 Å². The maximum atomic E-state index is 4.93. The fourth-order valence-electron chi connectivity index (χ4n) is 5.66. The first-order chi connectivity index (χ1) is 20.9. The van der Waals surface area contributed by atoms with Crippen LogP contribution < -0.4 is 0 Å². The van der Waals surface area contributed by atoms with Crippen LogP contribution in [0.5, 0.6) is 0 Å². The van der Waals surface area contributed by atoms with Crippen LogP contribution >= 0.6 is 17.0 Å². The number of halogens is 2. The van der Waals surface area contributed by atoms with Crippen molar-refractivity contribution < 1.29 is 20.8 Å². The van der Waals surface area contributed by atoms with Crippen molar-refractivity contribution in [1.82, 2.24) is 0 Å². The van der Waals surface area contributed by atoms with Crippen LogP contribution in [0, 0.1) is 55.4 Å². The summed E-state index contributed by atoms with van der Waals surface area (Å²) >= 11 is -0.826. The van der Waals surface area contributed by atoms with Crippen molar-refractivity contribution >= 4 is 48.1 Å². The Morgan fingerprint density at radius 2 is 0.818 bits per heavy atom. The molecular formula is C40H44Cl2SiZr. The molecule has 226 valence electrons. The van der Waals surface area contributed by atoms with Crippen LogP contribution in [0.3, 0.4) is 0 Å². The molecule has 0 aliphatic rings. The summed E-state index contributed by atoms with van der Waals surface area (Å²) in [7, 11) is 11.0. The van der Waals surface area contributed by atoms with E-state index in [0.29, 0.717) is 0 Å². The molecule has 0 aromatic heterocycles. The van der Waals surface area contributed by atoms with Gasteiger partial charge in [-0.15, -0.1) is 69.1 Å². The zero-order valence-electron chi connectivity index (χ0n) is 27.8. The molecule has 0 heterocycles. The van der Waals surface area contributed by atoms with E-state index in [2.05, 4.69) is 153 Å². The van der Waals surface area contributed by atoms with Gasteiger partial charge in [-0.25, -0.2) is 0 Å². The van der Waals surface area contributed by atoms with Gasteiger partial charge in [-0.1, -0.05) is 74.5 Å². The van der Waals surface area contributed by atoms with Gasteiger partial charge in [0.1, 0.15) is 0 Å². The monoisotopic (exact) mass is 712 g/mol. The number of rotatable bonds is 2. The number of hydrogen-bond donors (Lipinski definition) is 0. The summed E-state index contributed by atoms with van der Waals surface area (Å²) in [5.41, 5.74) is 16.3. The summed E-state index contributed by atoms with van der Waals surface area (Å²) < 4.78 is 0. The Morgan fingerprint density at radius 3 is 1.11 bits per heavy atom. The van der Waals surface area contributed by atoms with Crippen molar-refractivity contribution in [1.29, 1.82) is 0 Å². The molecule has 0 amide bonds. The molecule has 0 unspecified atom stereocenters. The Balaban J connectivity index is 0.000000204. The predicted octanol–water partition coefficient (Wildman–Crippen LogP) is 13.1. The van der Waals surface area contributed by atoms with E-state index in [9.17, 15) is 0 Å². The van der Waals surface area contributed by atoms with E-state index in [1.165, 1.54) is 88.3 Å². The second kappa shape index (κ2) is 16.9. The van der Waals surface area contributed by atoms with Crippen molar-refractivity contribution in [3.63, 3.8) is 0 Å². The Labute approximate surface area is 287 Å². The number of aryl methyl sites for hydroxylation is 6. The summed E-state index contributed by atoms with van der Waals surface area (Å²) in [5.74, 6) is 0. The third-order valence-electron chi connectivity index (χ3n) is 8.27. The Bertz CT molecular complexity index is 1660. The van der Waals surface area contributed by atoms with Gasteiger partial charge in [0.25, 0.3) is 0 Å². The molecule has 6 aromatic carbocycles. The van der Waals surface area contributed by atoms with Crippen LogP contribution in [-0.2, 0) is 20.8 Å². The molecule has 0 saturated carbocycles. The minimum atomic E-state index is -0.826. The molecular weight excluding hydrogens is 671 g/mol. The van der Waals surface area contributed by atoms with Crippen molar-refractivity contribution in [2.75, 3.05) is 0 Å². The standard InChI is InChI=1S/2C19H19.C2H6Si.2ClH.Zr/c2*1-12-8-16-6-5-7-18(19(16)9-12)17-10-13(2)15(4)14(3)11-17;1-3-2;;;/h2*5-11H,1-4H3;1-2H3;2*1H;/q2*-1;;;;+4/p-2. The van der Waals surface area contributed by atoms with Crippen LogP contribution in [0.2, 0.25) is 13.1 Å². The molecule has 0 spiro atoms. The van der Waals surface area contributed by atoms with E-state index in [0.717, 1.165) is 9.52 Å². The first-order valence-corrected chi connectivity index (χ1v) is 23.3. The van der Waals surface area contributed by atoms with E-state index in [1.54, 1.807) is 0 Å². The first-order valence-electron chi connectivity index (χ1n) is 15.0. The van der Waals surface area contributed by atoms with Gasteiger partial charge in [0.15, 0.2) is 0 Å². The van der Waals surface area contributed by atoms with Gasteiger partial charge in [-0.05, 0) is 86.1 Å². The average molecular weight is 715 g/mol. The predicted molar refractivity (Wildman–Crippen MR) is 197 cm³/mol. The molecule has 6 rings (SSSR count). The third kappa shape index (κ3) is 8.95. The topological polar surface area (TPSA) is 0 Å². The van der Waals surface area contributed by atoms with Gasteiger partial charge in [-0.2, -0.15) is 12.1 Å². The molecule has 0 aliphatic heterocycles. The summed E-state index contributed by atoms with van der Waals surface area (Å²) in [6.45, 7) is 21.8. The van der Waals surface area contributed by atoms with E-state index >= 15 is 0 Å². The van der Waals surface area contributed by atoms with Crippen molar-refractivity contribution in [3.05, 3.63) is 129 Å². The quantitative estimate of drug-likeness (QED) is 0.124. The molecule has 0 saturated heterocycles. The maximum absolute atomic E-state index is 4.93. The fraction of sp³-hybridized carbons (Fsp3) is 0.250. The molecule has 2 radical (unpaired) electrons. The van der Waals surface area contributed by atoms with E-state index in [4.69, 9.17) is 17.0 Å². The van der Waals surface area contributed by atoms with Crippen molar-refractivity contribution in [2.45, 2.75) is 68.5 Å². The Hall–Kier alpha value is -2.22. The van der Waals surface area contributed by atoms with Gasteiger partial charge in [0.2, 0.25) is 0 Å². The van der Waals surface area contributed by atoms with Gasteiger partial charge < -0.3 is 0 Å². The first kappa shape index (κ1) is 36.3. The van der Waals surface area contributed by atoms with E-state index in [1.807, 2.05) is 0 Å². The van der Waals surface area contributed by atoms with Gasteiger partial charge in [0, 0.05) is 9.52 Å². The second-order valence-electron chi connectivity index (χ2n) is 11.7. The molecule has 0 bridgehead atoms. The third-order valence-corrected chi connectivity index (χ3v) is 8.27. The van der Waals surface area contributed by atoms with E-state index in [-0.39, 0.29) is 0 Å². The van der Waals surface area contributed by atoms with Crippen LogP contribution in [0.1, 0.15) is 44.5 Å². The van der Waals surface area contributed by atoms with E-state index < -0.39 is 20.8 Å². The molecule has 0 atom stereocenters. The average Bonchev–Trinajstić information content (AvgIpc) is 3.55. The normalized spacial score (nSPS) is 10.3. The molecule has 0 fully saturated rings. The summed E-state index contributed by atoms with van der Waals surface area (Å²) in [5, 5.41) is 5.40. The van der Waals surface area contributed by atoms with Crippen molar-refractivity contribution in [3.8, 4) is 22.3 Å². The molecule has 0 nitrogen and oxygen atoms in total. The van der Waals surface area contributed by atoms with Crippen LogP contribution in [0.15, 0.2) is 84.9 Å². The van der Waals surface area contributed by atoms with Gasteiger partial charge in [-0.3, -0.25) is 0 Å². The molecule has 44 heavy (non-hydrogen) atoms. The molecule has 4 heteroatoms. The zero-order valence-corrected chi connectivity index (χ0v) is 32.8. The number of benzene rings is 4. The SMILES string of the molecule is C[Si]C.Cc1cc2c(-c3cc(C)c(C)c(C)c3)cccc2[cH-]1.Cc1cc2c(-c3cc(C)c(C)c(C)c3)cccc2[cH-]1.[Cl][Zr+2][Cl]. The second-order valence-corrected chi connectivity index (χ2v) is 16.5. The summed E-state index contributed by atoms with van der Waals surface area (Å²) in [4.78, 5) is 0. The summed E-state index contributed by atoms with van der Waals surface area (Å²) in [6.07, 6.45) is 0. The van der Waals surface area contributed by atoms with Gasteiger partial charge >= 0.3 is 37.9 Å². The van der Waals surface area contributed by atoms with Crippen molar-refractivity contribution in [2.24, 2.45) is 0 Å². The molecule has 0 aliphatic carbocycles. The van der Waals surface area contributed by atoms with Gasteiger partial charge in [0.05, 0.1) is 0 Å². The van der Waals surface area contributed by atoms with Crippen LogP contribution in [0.25, 0.3) is 43.8 Å². The number of fused-ring (bicyclic) bond motifs is 2. The number of hydrogen-bond acceptors (Lipinski definition) is 0. The zero-order chi connectivity index (χ0) is 32.6.